The van der Waals surface area contributed by atoms with E-state index < -0.39 is 12.1 Å². The van der Waals surface area contributed by atoms with Crippen LogP contribution >= 0.6 is 0 Å². The van der Waals surface area contributed by atoms with Gasteiger partial charge in [-0.2, -0.15) is 0 Å². The van der Waals surface area contributed by atoms with Crippen LogP contribution in [0.2, 0.25) is 0 Å². The number of aliphatic hydroxyl groups is 1. The second-order valence-electron chi connectivity index (χ2n) is 10.2. The van der Waals surface area contributed by atoms with Crippen molar-refractivity contribution < 1.29 is 19.7 Å². The van der Waals surface area contributed by atoms with Gasteiger partial charge < -0.3 is 24.4 Å². The summed E-state index contributed by atoms with van der Waals surface area (Å²) in [6, 6.07) is 11.8. The van der Waals surface area contributed by atoms with Crippen LogP contribution in [-0.4, -0.2) is 57.4 Å². The zero-order valence-electron chi connectivity index (χ0n) is 21.5. The number of unbranched alkanes of at least 4 members (excludes halogenated alkanes) is 1. The van der Waals surface area contributed by atoms with E-state index in [0.717, 1.165) is 74.0 Å². The highest BCUT2D eigenvalue weighted by Gasteiger charge is 2.31. The molecule has 0 radical (unpaired) electrons. The fraction of sp³-hybridized carbons (Fsp3) is 0.517. The van der Waals surface area contributed by atoms with Crippen LogP contribution in [0.1, 0.15) is 55.9 Å². The molecule has 0 aliphatic carbocycles. The number of ether oxygens (including phenoxy) is 1. The number of fused-ring (bicyclic) bond motifs is 1. The number of aryl methyl sites for hydroxylation is 2. The van der Waals surface area contributed by atoms with Crippen LogP contribution in [0.5, 0.6) is 5.75 Å². The molecule has 1 saturated heterocycles. The second-order valence-corrected chi connectivity index (χ2v) is 10.2. The standard InChI is InChI=1S/C29H39N3O4/c1-31-15-5-7-23(31)6-3-4-16-32-17-13-21(22(20-32)18-29(34)35)8-11-28(33)25-12-14-30-27-10-9-24(36-2)19-26(25)27/h5,7,9-10,12,14-15,19,21-22,28,33H,3-4,6,8,11,13,16-18,20H2,1-2H3,(H,34,35)/t21-,22+,28-/m1/s1. The number of pyridine rings is 1. The maximum atomic E-state index is 11.6. The molecule has 194 valence electrons. The smallest absolute Gasteiger partial charge is 0.303 e. The number of aliphatic hydroxyl groups excluding tert-OH is 1. The molecule has 2 N–H and O–H groups in total. The van der Waals surface area contributed by atoms with Gasteiger partial charge in [-0.1, -0.05) is 0 Å². The van der Waals surface area contributed by atoms with Gasteiger partial charge in [0.15, 0.2) is 0 Å². The van der Waals surface area contributed by atoms with Crippen molar-refractivity contribution in [1.29, 1.82) is 0 Å². The first kappa shape index (κ1) is 26.2. The molecule has 1 aliphatic rings. The first-order valence-corrected chi connectivity index (χ1v) is 13.1. The van der Waals surface area contributed by atoms with E-state index in [0.29, 0.717) is 12.3 Å². The molecule has 1 aromatic carbocycles. The third-order valence-corrected chi connectivity index (χ3v) is 7.77. The van der Waals surface area contributed by atoms with Gasteiger partial charge in [-0.3, -0.25) is 9.78 Å². The Morgan fingerprint density at radius 1 is 1.22 bits per heavy atom. The monoisotopic (exact) mass is 493 g/mol. The molecule has 1 fully saturated rings. The van der Waals surface area contributed by atoms with Crippen molar-refractivity contribution in [1.82, 2.24) is 14.5 Å². The summed E-state index contributed by atoms with van der Waals surface area (Å²) >= 11 is 0. The molecule has 0 unspecified atom stereocenters. The lowest BCUT2D eigenvalue weighted by atomic mass is 9.79. The number of nitrogens with zero attached hydrogens (tertiary/aromatic N) is 3. The molecule has 0 spiro atoms. The Labute approximate surface area is 213 Å². The fourth-order valence-electron chi connectivity index (χ4n) is 5.68. The third-order valence-electron chi connectivity index (χ3n) is 7.77. The summed E-state index contributed by atoms with van der Waals surface area (Å²) < 4.78 is 7.54. The molecular formula is C29H39N3O4. The van der Waals surface area contributed by atoms with E-state index in [-0.39, 0.29) is 12.3 Å². The molecule has 0 saturated carbocycles. The van der Waals surface area contributed by atoms with Crippen LogP contribution in [0.25, 0.3) is 10.9 Å². The normalized spacial score (nSPS) is 19.4. The lowest BCUT2D eigenvalue weighted by Crippen LogP contribution is -2.41. The maximum Gasteiger partial charge on any atom is 0.303 e. The van der Waals surface area contributed by atoms with Crippen LogP contribution in [0.4, 0.5) is 0 Å². The Morgan fingerprint density at radius 3 is 2.83 bits per heavy atom. The number of likely N-dealkylation sites (tertiary alicyclic amines) is 1. The number of methoxy groups -OCH3 is 1. The third kappa shape index (κ3) is 6.65. The number of benzene rings is 1. The first-order chi connectivity index (χ1) is 17.4. The molecule has 1 aliphatic heterocycles. The Kier molecular flexibility index (Phi) is 8.99. The van der Waals surface area contributed by atoms with E-state index in [1.807, 2.05) is 24.3 Å². The van der Waals surface area contributed by atoms with Crippen molar-refractivity contribution >= 4 is 16.9 Å². The van der Waals surface area contributed by atoms with E-state index in [1.165, 1.54) is 5.69 Å². The number of hydrogen-bond acceptors (Lipinski definition) is 5. The van der Waals surface area contributed by atoms with Gasteiger partial charge in [0, 0.05) is 43.5 Å². The number of carboxylic acid groups (broad SMARTS) is 1. The van der Waals surface area contributed by atoms with Gasteiger partial charge in [0.05, 0.1) is 18.7 Å². The van der Waals surface area contributed by atoms with Gasteiger partial charge in [0.1, 0.15) is 5.75 Å². The van der Waals surface area contributed by atoms with Gasteiger partial charge in [-0.05, 0) is 105 Å². The first-order valence-electron chi connectivity index (χ1n) is 13.1. The molecule has 3 atom stereocenters. The van der Waals surface area contributed by atoms with Gasteiger partial charge >= 0.3 is 5.97 Å². The zero-order valence-corrected chi connectivity index (χ0v) is 21.5. The molecule has 4 rings (SSSR count). The number of rotatable bonds is 12. The molecule has 3 aromatic rings. The van der Waals surface area contributed by atoms with E-state index >= 15 is 0 Å². The molecule has 7 nitrogen and oxygen atoms in total. The molecule has 0 bridgehead atoms. The largest absolute Gasteiger partial charge is 0.497 e. The van der Waals surface area contributed by atoms with E-state index in [1.54, 1.807) is 13.3 Å². The zero-order chi connectivity index (χ0) is 25.5. The Hall–Kier alpha value is -2.90. The molecule has 3 heterocycles. The van der Waals surface area contributed by atoms with Gasteiger partial charge in [-0.25, -0.2) is 0 Å². The van der Waals surface area contributed by atoms with Crippen molar-refractivity contribution in [3.8, 4) is 5.75 Å². The van der Waals surface area contributed by atoms with E-state index in [4.69, 9.17) is 4.74 Å². The fourth-order valence-corrected chi connectivity index (χ4v) is 5.68. The minimum Gasteiger partial charge on any atom is -0.497 e. The van der Waals surface area contributed by atoms with Crippen molar-refractivity contribution in [3.05, 3.63) is 60.0 Å². The molecule has 0 amide bonds. The minimum atomic E-state index is -0.733. The summed E-state index contributed by atoms with van der Waals surface area (Å²) in [6.07, 6.45) is 9.12. The summed E-state index contributed by atoms with van der Waals surface area (Å²) in [5.41, 5.74) is 3.04. The van der Waals surface area contributed by atoms with Crippen molar-refractivity contribution in [2.75, 3.05) is 26.7 Å². The van der Waals surface area contributed by atoms with Gasteiger partial charge in [0.25, 0.3) is 0 Å². The average molecular weight is 494 g/mol. The minimum absolute atomic E-state index is 0.116. The number of aliphatic carboxylic acids is 1. The number of carboxylic acids is 1. The van der Waals surface area contributed by atoms with Crippen LogP contribution in [0.15, 0.2) is 48.8 Å². The molecule has 2 aromatic heterocycles. The van der Waals surface area contributed by atoms with E-state index in [2.05, 4.69) is 39.8 Å². The summed E-state index contributed by atoms with van der Waals surface area (Å²) in [5.74, 6) is 0.424. The number of hydrogen-bond donors (Lipinski definition) is 2. The van der Waals surface area contributed by atoms with Gasteiger partial charge in [-0.15, -0.1) is 0 Å². The van der Waals surface area contributed by atoms with E-state index in [9.17, 15) is 15.0 Å². The van der Waals surface area contributed by atoms with Crippen LogP contribution in [0, 0.1) is 11.8 Å². The lowest BCUT2D eigenvalue weighted by Gasteiger charge is -2.38. The predicted molar refractivity (Wildman–Crippen MR) is 141 cm³/mol. The lowest BCUT2D eigenvalue weighted by molar-refractivity contribution is -0.139. The summed E-state index contributed by atoms with van der Waals surface area (Å²) in [6.45, 7) is 2.84. The van der Waals surface area contributed by atoms with Gasteiger partial charge in [0.2, 0.25) is 0 Å². The van der Waals surface area contributed by atoms with Crippen molar-refractivity contribution in [3.63, 3.8) is 0 Å². The Bertz CT molecular complexity index is 1140. The molecule has 36 heavy (non-hydrogen) atoms. The summed E-state index contributed by atoms with van der Waals surface area (Å²) in [5, 5.41) is 21.5. The highest BCUT2D eigenvalue weighted by atomic mass is 16.5. The highest BCUT2D eigenvalue weighted by Crippen LogP contribution is 2.34. The topological polar surface area (TPSA) is 87.8 Å². The summed E-state index contributed by atoms with van der Waals surface area (Å²) in [7, 11) is 3.72. The Balaban J connectivity index is 1.32. The van der Waals surface area contributed by atoms with Crippen molar-refractivity contribution in [2.24, 2.45) is 18.9 Å². The SMILES string of the molecule is COc1ccc2nccc([C@H](O)CC[C@@H]3CCN(CCCCc4cccn4C)C[C@@H]3CC(=O)O)c2c1. The highest BCUT2D eigenvalue weighted by molar-refractivity contribution is 5.83. The summed E-state index contributed by atoms with van der Waals surface area (Å²) in [4.78, 5) is 18.5. The Morgan fingerprint density at radius 2 is 2.08 bits per heavy atom. The number of aromatic nitrogens is 2. The second kappa shape index (κ2) is 12.4. The van der Waals surface area contributed by atoms with Crippen molar-refractivity contribution in [2.45, 2.75) is 51.0 Å². The van der Waals surface area contributed by atoms with Crippen LogP contribution in [-0.2, 0) is 18.3 Å². The van der Waals surface area contributed by atoms with Crippen LogP contribution in [0.3, 0.4) is 0 Å². The predicted octanol–water partition coefficient (Wildman–Crippen LogP) is 4.83. The molecule has 7 heteroatoms. The molecular weight excluding hydrogens is 454 g/mol. The average Bonchev–Trinajstić information content (AvgIpc) is 3.29. The quantitative estimate of drug-likeness (QED) is 0.351. The maximum absolute atomic E-state index is 11.6. The number of carbonyl (C=O) groups is 1. The van der Waals surface area contributed by atoms with Crippen LogP contribution < -0.4 is 4.74 Å². The number of piperidine rings is 1.